The van der Waals surface area contributed by atoms with Crippen LogP contribution in [0.5, 0.6) is 11.5 Å². The Morgan fingerprint density at radius 3 is 2.32 bits per heavy atom. The molecule has 0 fully saturated rings. The third-order valence-corrected chi connectivity index (χ3v) is 2.79. The van der Waals surface area contributed by atoms with Gasteiger partial charge in [-0.2, -0.15) is 0 Å². The van der Waals surface area contributed by atoms with E-state index < -0.39 is 5.97 Å². The lowest BCUT2D eigenvalue weighted by Gasteiger charge is -2.13. The smallest absolute Gasteiger partial charge is 0.330 e. The summed E-state index contributed by atoms with van der Waals surface area (Å²) in [6.45, 7) is 2.17. The van der Waals surface area contributed by atoms with Gasteiger partial charge in [-0.25, -0.2) is 4.79 Å². The topological polar surface area (TPSA) is 96.8 Å². The van der Waals surface area contributed by atoms with Crippen LogP contribution in [0, 0.1) is 0 Å². The molecule has 0 aromatic heterocycles. The zero-order valence-electron chi connectivity index (χ0n) is 12.9. The molecule has 0 aliphatic carbocycles. The fraction of sp³-hybridized carbons (Fsp3) is 0.438. The molecule has 0 bridgehead atoms. The molecule has 0 saturated carbocycles. The minimum atomic E-state index is -0.408. The zero-order valence-corrected chi connectivity index (χ0v) is 12.9. The second kappa shape index (κ2) is 10.6. The number of esters is 1. The molecule has 0 heterocycles. The second-order valence-corrected chi connectivity index (χ2v) is 4.54. The normalized spacial score (nSPS) is 10.7. The average molecular weight is 308 g/mol. The third kappa shape index (κ3) is 6.60. The van der Waals surface area contributed by atoms with E-state index in [0.717, 1.165) is 18.4 Å². The molecule has 4 N–H and O–H groups in total. The van der Waals surface area contributed by atoms with Gasteiger partial charge in [0.2, 0.25) is 0 Å². The van der Waals surface area contributed by atoms with Crippen molar-refractivity contribution in [3.05, 3.63) is 29.8 Å². The van der Waals surface area contributed by atoms with E-state index in [-0.39, 0.29) is 0 Å². The molecule has 6 heteroatoms. The van der Waals surface area contributed by atoms with Gasteiger partial charge in [-0.3, -0.25) is 0 Å². The van der Waals surface area contributed by atoms with Crippen LogP contribution in [0.2, 0.25) is 0 Å². The van der Waals surface area contributed by atoms with Gasteiger partial charge in [0.1, 0.15) is 0 Å². The predicted molar refractivity (Wildman–Crippen MR) is 85.8 cm³/mol. The standard InChI is InChI=1S/C16H24N2O4/c1-20-16(19)7-5-13-4-6-14(21-10-2-8-17)15(12-13)22-11-3-9-18/h4-7,12H,2-3,8-11,17-18H2,1H3/b7-5+. The number of hydrogen-bond donors (Lipinski definition) is 2. The molecular formula is C16H24N2O4. The van der Waals surface area contributed by atoms with Crippen molar-refractivity contribution in [1.82, 2.24) is 0 Å². The van der Waals surface area contributed by atoms with Crippen molar-refractivity contribution < 1.29 is 19.0 Å². The molecule has 0 atom stereocenters. The number of methoxy groups -OCH3 is 1. The van der Waals surface area contributed by atoms with Crippen LogP contribution in [0.25, 0.3) is 6.08 Å². The fourth-order valence-corrected chi connectivity index (χ4v) is 1.62. The second-order valence-electron chi connectivity index (χ2n) is 4.54. The van der Waals surface area contributed by atoms with E-state index in [2.05, 4.69) is 4.74 Å². The van der Waals surface area contributed by atoms with Crippen LogP contribution in [0.1, 0.15) is 18.4 Å². The van der Waals surface area contributed by atoms with E-state index in [9.17, 15) is 4.79 Å². The molecule has 0 aliphatic heterocycles. The Morgan fingerprint density at radius 2 is 1.73 bits per heavy atom. The lowest BCUT2D eigenvalue weighted by Crippen LogP contribution is -2.09. The van der Waals surface area contributed by atoms with Crippen molar-refractivity contribution >= 4 is 12.0 Å². The monoisotopic (exact) mass is 308 g/mol. The molecule has 6 nitrogen and oxygen atoms in total. The molecule has 1 aromatic carbocycles. The maximum atomic E-state index is 11.1. The van der Waals surface area contributed by atoms with Crippen LogP contribution < -0.4 is 20.9 Å². The number of carbonyl (C=O) groups excluding carboxylic acids is 1. The third-order valence-electron chi connectivity index (χ3n) is 2.79. The molecule has 0 radical (unpaired) electrons. The van der Waals surface area contributed by atoms with E-state index in [1.54, 1.807) is 6.08 Å². The van der Waals surface area contributed by atoms with Gasteiger partial charge >= 0.3 is 5.97 Å². The summed E-state index contributed by atoms with van der Waals surface area (Å²) in [6.07, 6.45) is 4.54. The molecule has 0 amide bonds. The highest BCUT2D eigenvalue weighted by Crippen LogP contribution is 2.29. The van der Waals surface area contributed by atoms with Gasteiger partial charge in [-0.05, 0) is 49.7 Å². The van der Waals surface area contributed by atoms with Gasteiger partial charge in [0.05, 0.1) is 20.3 Å². The van der Waals surface area contributed by atoms with E-state index in [4.69, 9.17) is 20.9 Å². The Bertz CT molecular complexity index is 489. The Balaban J connectivity index is 2.82. The van der Waals surface area contributed by atoms with Crippen LogP contribution in [0.3, 0.4) is 0 Å². The lowest BCUT2D eigenvalue weighted by molar-refractivity contribution is -0.134. The minimum absolute atomic E-state index is 0.408. The molecule has 1 rings (SSSR count). The van der Waals surface area contributed by atoms with Crippen molar-refractivity contribution in [1.29, 1.82) is 0 Å². The van der Waals surface area contributed by atoms with Crippen LogP contribution in [-0.4, -0.2) is 39.4 Å². The van der Waals surface area contributed by atoms with Crippen molar-refractivity contribution in [2.75, 3.05) is 33.4 Å². The Morgan fingerprint density at radius 1 is 1.09 bits per heavy atom. The zero-order chi connectivity index (χ0) is 16.2. The summed E-state index contributed by atoms with van der Waals surface area (Å²) in [4.78, 5) is 11.1. The highest BCUT2D eigenvalue weighted by Gasteiger charge is 2.06. The number of nitrogens with two attached hydrogens (primary N) is 2. The SMILES string of the molecule is COC(=O)/C=C/c1ccc(OCCCN)c(OCCCN)c1. The van der Waals surface area contributed by atoms with Gasteiger partial charge in [-0.1, -0.05) is 6.07 Å². The highest BCUT2D eigenvalue weighted by molar-refractivity contribution is 5.87. The van der Waals surface area contributed by atoms with Crippen molar-refractivity contribution in [3.8, 4) is 11.5 Å². The Hall–Kier alpha value is -2.05. The van der Waals surface area contributed by atoms with Crippen LogP contribution in [-0.2, 0) is 9.53 Å². The van der Waals surface area contributed by atoms with Crippen LogP contribution in [0.4, 0.5) is 0 Å². The summed E-state index contributed by atoms with van der Waals surface area (Å²) >= 11 is 0. The Kier molecular flexibility index (Phi) is 8.71. The quantitative estimate of drug-likeness (QED) is 0.384. The first kappa shape index (κ1) is 18.0. The highest BCUT2D eigenvalue weighted by atomic mass is 16.5. The molecule has 0 saturated heterocycles. The van der Waals surface area contributed by atoms with E-state index in [1.165, 1.54) is 13.2 Å². The maximum absolute atomic E-state index is 11.1. The summed E-state index contributed by atoms with van der Waals surface area (Å²) in [5.74, 6) is 0.868. The molecule has 1 aromatic rings. The summed E-state index contributed by atoms with van der Waals surface area (Å²) in [7, 11) is 1.34. The van der Waals surface area contributed by atoms with Crippen molar-refractivity contribution in [2.24, 2.45) is 11.5 Å². The molecule has 0 unspecified atom stereocenters. The number of hydrogen-bond acceptors (Lipinski definition) is 6. The summed E-state index contributed by atoms with van der Waals surface area (Å²) in [5, 5.41) is 0. The largest absolute Gasteiger partial charge is 0.490 e. The van der Waals surface area contributed by atoms with E-state index >= 15 is 0 Å². The molecule has 122 valence electrons. The van der Waals surface area contributed by atoms with Gasteiger partial charge in [0.25, 0.3) is 0 Å². The number of ether oxygens (including phenoxy) is 3. The van der Waals surface area contributed by atoms with Gasteiger partial charge in [-0.15, -0.1) is 0 Å². The molecular weight excluding hydrogens is 284 g/mol. The summed E-state index contributed by atoms with van der Waals surface area (Å²) < 4.78 is 15.9. The van der Waals surface area contributed by atoms with E-state index in [0.29, 0.717) is 37.8 Å². The lowest BCUT2D eigenvalue weighted by atomic mass is 10.2. The minimum Gasteiger partial charge on any atom is -0.490 e. The van der Waals surface area contributed by atoms with E-state index in [1.807, 2.05) is 18.2 Å². The average Bonchev–Trinajstić information content (AvgIpc) is 2.54. The van der Waals surface area contributed by atoms with Crippen LogP contribution >= 0.6 is 0 Å². The predicted octanol–water partition coefficient (Wildman–Crippen LogP) is 1.33. The summed E-state index contributed by atoms with van der Waals surface area (Å²) in [5.41, 5.74) is 11.7. The number of carbonyl (C=O) groups is 1. The Labute approximate surface area is 131 Å². The fourth-order valence-electron chi connectivity index (χ4n) is 1.62. The number of benzene rings is 1. The molecule has 0 spiro atoms. The van der Waals surface area contributed by atoms with Crippen molar-refractivity contribution in [2.45, 2.75) is 12.8 Å². The van der Waals surface area contributed by atoms with Gasteiger partial charge in [0.15, 0.2) is 11.5 Å². The van der Waals surface area contributed by atoms with Crippen molar-refractivity contribution in [3.63, 3.8) is 0 Å². The first-order valence-corrected chi connectivity index (χ1v) is 7.27. The first-order chi connectivity index (χ1) is 10.7. The molecule has 22 heavy (non-hydrogen) atoms. The first-order valence-electron chi connectivity index (χ1n) is 7.27. The van der Waals surface area contributed by atoms with Gasteiger partial charge in [0, 0.05) is 6.08 Å². The summed E-state index contributed by atoms with van der Waals surface area (Å²) in [6, 6.07) is 5.46. The maximum Gasteiger partial charge on any atom is 0.330 e. The van der Waals surface area contributed by atoms with Gasteiger partial charge < -0.3 is 25.7 Å². The molecule has 0 aliphatic rings. The van der Waals surface area contributed by atoms with Crippen LogP contribution in [0.15, 0.2) is 24.3 Å². The number of rotatable bonds is 10.